The van der Waals surface area contributed by atoms with Crippen molar-refractivity contribution in [1.29, 1.82) is 0 Å². The summed E-state index contributed by atoms with van der Waals surface area (Å²) in [5, 5.41) is 2.96. The molecule has 3 heterocycles. The number of thiophene rings is 1. The molecule has 2 aromatic rings. The molecule has 0 spiro atoms. The molecule has 4 rings (SSSR count). The number of carbonyl (C=O) groups excluding carboxylic acids is 1. The van der Waals surface area contributed by atoms with E-state index >= 15 is 0 Å². The van der Waals surface area contributed by atoms with Gasteiger partial charge in [-0.05, 0) is 35.6 Å². The number of fused-ring (bicyclic) bond motifs is 2. The molecule has 1 aromatic heterocycles. The van der Waals surface area contributed by atoms with Crippen molar-refractivity contribution in [2.75, 3.05) is 19.6 Å². The van der Waals surface area contributed by atoms with E-state index in [4.69, 9.17) is 0 Å². The van der Waals surface area contributed by atoms with Crippen LogP contribution < -0.4 is 5.32 Å². The number of sulfone groups is 1. The third kappa shape index (κ3) is 3.84. The topological polar surface area (TPSA) is 66.5 Å². The molecule has 1 amide bonds. The monoisotopic (exact) mass is 390 g/mol. The summed E-state index contributed by atoms with van der Waals surface area (Å²) in [7, 11) is -2.99. The fraction of sp³-hybridized carbons (Fsp3) is 0.421. The van der Waals surface area contributed by atoms with Crippen molar-refractivity contribution in [1.82, 2.24) is 10.2 Å². The Morgan fingerprint density at radius 2 is 1.96 bits per heavy atom. The minimum atomic E-state index is -2.99. The third-order valence-electron chi connectivity index (χ3n) is 4.99. The molecule has 1 N–H and O–H groups in total. The summed E-state index contributed by atoms with van der Waals surface area (Å²) in [6.07, 6.45) is 2.00. The number of nitrogens with one attached hydrogen (secondary N) is 1. The molecule has 0 saturated heterocycles. The van der Waals surface area contributed by atoms with Gasteiger partial charge in [0.25, 0.3) is 5.91 Å². The van der Waals surface area contributed by atoms with Crippen molar-refractivity contribution in [3.05, 3.63) is 56.8 Å². The van der Waals surface area contributed by atoms with Crippen LogP contribution >= 0.6 is 11.3 Å². The zero-order valence-corrected chi connectivity index (χ0v) is 16.2. The summed E-state index contributed by atoms with van der Waals surface area (Å²) in [6.45, 7) is 3.65. The number of hydrogen-bond donors (Lipinski definition) is 1. The van der Waals surface area contributed by atoms with Crippen LogP contribution in [0.15, 0.2) is 30.3 Å². The van der Waals surface area contributed by atoms with E-state index in [1.165, 1.54) is 22.5 Å². The normalized spacial score (nSPS) is 18.3. The van der Waals surface area contributed by atoms with E-state index in [1.807, 2.05) is 0 Å². The van der Waals surface area contributed by atoms with E-state index in [2.05, 4.69) is 34.5 Å². The second-order valence-corrected chi connectivity index (χ2v) is 10.2. The van der Waals surface area contributed by atoms with Crippen LogP contribution in [0.25, 0.3) is 0 Å². The van der Waals surface area contributed by atoms with E-state index in [1.54, 1.807) is 6.07 Å². The highest BCUT2D eigenvalue weighted by Crippen LogP contribution is 2.32. The van der Waals surface area contributed by atoms with E-state index in [9.17, 15) is 13.2 Å². The van der Waals surface area contributed by atoms with Crippen molar-refractivity contribution in [3.8, 4) is 0 Å². The molecule has 0 saturated carbocycles. The Labute approximate surface area is 157 Å². The Morgan fingerprint density at radius 1 is 1.15 bits per heavy atom. The Morgan fingerprint density at radius 3 is 2.77 bits per heavy atom. The van der Waals surface area contributed by atoms with Gasteiger partial charge in [-0.2, -0.15) is 0 Å². The molecule has 0 atom stereocenters. The molecular weight excluding hydrogens is 368 g/mol. The number of rotatable bonds is 5. The summed E-state index contributed by atoms with van der Waals surface area (Å²) >= 11 is 1.31. The van der Waals surface area contributed by atoms with Gasteiger partial charge in [0.1, 0.15) is 0 Å². The lowest BCUT2D eigenvalue weighted by molar-refractivity contribution is 0.0955. The molecule has 138 valence electrons. The molecule has 0 aliphatic carbocycles. The predicted molar refractivity (Wildman–Crippen MR) is 103 cm³/mol. The van der Waals surface area contributed by atoms with Gasteiger partial charge in [0.2, 0.25) is 0 Å². The fourth-order valence-corrected chi connectivity index (χ4v) is 6.82. The minimum Gasteiger partial charge on any atom is -0.351 e. The first-order valence-corrected chi connectivity index (χ1v) is 11.5. The first-order chi connectivity index (χ1) is 12.5. The molecular formula is C19H22N2O3S2. The van der Waals surface area contributed by atoms with Gasteiger partial charge < -0.3 is 5.32 Å². The molecule has 0 unspecified atom stereocenters. The highest BCUT2D eigenvalue weighted by Gasteiger charge is 2.28. The van der Waals surface area contributed by atoms with Gasteiger partial charge >= 0.3 is 0 Å². The zero-order chi connectivity index (χ0) is 18.1. The maximum atomic E-state index is 12.3. The van der Waals surface area contributed by atoms with E-state index in [0.717, 1.165) is 42.9 Å². The molecule has 2 aliphatic rings. The summed E-state index contributed by atoms with van der Waals surface area (Å²) in [4.78, 5) is 16.1. The highest BCUT2D eigenvalue weighted by atomic mass is 32.2. The molecule has 0 radical (unpaired) electrons. The first kappa shape index (κ1) is 17.7. The van der Waals surface area contributed by atoms with Crippen LogP contribution in [0.5, 0.6) is 0 Å². The largest absolute Gasteiger partial charge is 0.351 e. The summed E-state index contributed by atoms with van der Waals surface area (Å²) < 4.78 is 23.1. The number of nitrogens with zero attached hydrogens (tertiary/aromatic N) is 1. The van der Waals surface area contributed by atoms with Gasteiger partial charge in [-0.25, -0.2) is 8.42 Å². The lowest BCUT2D eigenvalue weighted by atomic mass is 10.00. The van der Waals surface area contributed by atoms with Gasteiger partial charge in [0, 0.05) is 31.1 Å². The number of hydrogen-bond acceptors (Lipinski definition) is 5. The Kier molecular flexibility index (Phi) is 4.86. The third-order valence-corrected chi connectivity index (χ3v) is 7.83. The SMILES string of the molecule is O=C(NCCCN1CCc2ccccc2C1)c1cc2c(s1)CS(=O)(=O)C2. The predicted octanol–water partition coefficient (Wildman–Crippen LogP) is 2.35. The van der Waals surface area contributed by atoms with Gasteiger partial charge in [-0.3, -0.25) is 9.69 Å². The van der Waals surface area contributed by atoms with E-state index in [-0.39, 0.29) is 17.4 Å². The molecule has 5 nitrogen and oxygen atoms in total. The second-order valence-electron chi connectivity index (χ2n) is 7.00. The fourth-order valence-electron chi connectivity index (χ4n) is 3.65. The highest BCUT2D eigenvalue weighted by molar-refractivity contribution is 7.90. The molecule has 0 bridgehead atoms. The van der Waals surface area contributed by atoms with E-state index in [0.29, 0.717) is 11.4 Å². The lowest BCUT2D eigenvalue weighted by Gasteiger charge is -2.28. The Hall–Kier alpha value is -1.70. The average Bonchev–Trinajstić information content (AvgIpc) is 3.12. The molecule has 1 aromatic carbocycles. The van der Waals surface area contributed by atoms with Crippen LogP contribution in [0.2, 0.25) is 0 Å². The minimum absolute atomic E-state index is 0.0720. The summed E-state index contributed by atoms with van der Waals surface area (Å²) in [5.74, 6) is 0.0602. The van der Waals surface area contributed by atoms with Crippen molar-refractivity contribution < 1.29 is 13.2 Å². The second kappa shape index (κ2) is 7.13. The van der Waals surface area contributed by atoms with Crippen molar-refractivity contribution in [2.24, 2.45) is 0 Å². The molecule has 2 aliphatic heterocycles. The van der Waals surface area contributed by atoms with Gasteiger partial charge in [-0.1, -0.05) is 24.3 Å². The van der Waals surface area contributed by atoms with Crippen LogP contribution in [0, 0.1) is 0 Å². The molecule has 0 fully saturated rings. The lowest BCUT2D eigenvalue weighted by Crippen LogP contribution is -2.33. The standard InChI is InChI=1S/C19H22N2O3S2/c22-19(17-10-16-12-26(23,24)13-18(16)25-17)20-7-3-8-21-9-6-14-4-1-2-5-15(14)11-21/h1-2,4-5,10H,3,6-9,11-13H2,(H,20,22). The molecule has 26 heavy (non-hydrogen) atoms. The maximum Gasteiger partial charge on any atom is 0.261 e. The first-order valence-electron chi connectivity index (χ1n) is 8.89. The number of benzene rings is 1. The average molecular weight is 391 g/mol. The van der Waals surface area contributed by atoms with Crippen molar-refractivity contribution in [3.63, 3.8) is 0 Å². The van der Waals surface area contributed by atoms with Crippen molar-refractivity contribution in [2.45, 2.75) is 30.9 Å². The van der Waals surface area contributed by atoms with Crippen LogP contribution in [-0.4, -0.2) is 38.9 Å². The van der Waals surface area contributed by atoms with Gasteiger partial charge in [0.05, 0.1) is 16.4 Å². The smallest absolute Gasteiger partial charge is 0.261 e. The molecule has 7 heteroatoms. The van der Waals surface area contributed by atoms with Crippen LogP contribution in [0.4, 0.5) is 0 Å². The van der Waals surface area contributed by atoms with Gasteiger partial charge in [-0.15, -0.1) is 11.3 Å². The van der Waals surface area contributed by atoms with Crippen molar-refractivity contribution >= 4 is 27.1 Å². The quantitative estimate of drug-likeness (QED) is 0.796. The number of amides is 1. The van der Waals surface area contributed by atoms with Gasteiger partial charge in [0.15, 0.2) is 9.84 Å². The van der Waals surface area contributed by atoms with Crippen LogP contribution in [0.3, 0.4) is 0 Å². The zero-order valence-electron chi connectivity index (χ0n) is 14.5. The Balaban J connectivity index is 1.23. The van der Waals surface area contributed by atoms with E-state index < -0.39 is 9.84 Å². The number of carbonyl (C=O) groups is 1. The summed E-state index contributed by atoms with van der Waals surface area (Å²) in [5.41, 5.74) is 3.66. The maximum absolute atomic E-state index is 12.3. The van der Waals surface area contributed by atoms with Crippen LogP contribution in [0.1, 0.15) is 37.7 Å². The summed E-state index contributed by atoms with van der Waals surface area (Å²) in [6, 6.07) is 10.3. The Bertz CT molecular complexity index is 905. The van der Waals surface area contributed by atoms with Crippen LogP contribution in [-0.2, 0) is 34.3 Å².